The van der Waals surface area contributed by atoms with E-state index in [-0.39, 0.29) is 28.8 Å². The van der Waals surface area contributed by atoms with Gasteiger partial charge >= 0.3 is 6.18 Å². The van der Waals surface area contributed by atoms with E-state index in [4.69, 9.17) is 11.6 Å². The third-order valence-electron chi connectivity index (χ3n) is 3.21. The fraction of sp³-hybridized carbons (Fsp3) is 0.267. The van der Waals surface area contributed by atoms with Gasteiger partial charge in [-0.25, -0.2) is 18.1 Å². The van der Waals surface area contributed by atoms with Gasteiger partial charge in [-0.3, -0.25) is 0 Å². The van der Waals surface area contributed by atoms with E-state index in [2.05, 4.69) is 15.0 Å². The van der Waals surface area contributed by atoms with Crippen LogP contribution in [0.4, 0.5) is 19.0 Å². The second kappa shape index (κ2) is 7.59. The molecule has 136 valence electrons. The topological polar surface area (TPSA) is 71.1 Å². The smallest absolute Gasteiger partial charge is 0.368 e. The quantitative estimate of drug-likeness (QED) is 0.737. The van der Waals surface area contributed by atoms with E-state index in [9.17, 15) is 21.6 Å². The van der Waals surface area contributed by atoms with Crippen LogP contribution >= 0.6 is 11.6 Å². The summed E-state index contributed by atoms with van der Waals surface area (Å²) in [6.45, 7) is 1.95. The Morgan fingerprint density at radius 2 is 1.80 bits per heavy atom. The first kappa shape index (κ1) is 19.5. The number of aryl methyl sites for hydroxylation is 1. The molecule has 2 rings (SSSR count). The minimum Gasteiger partial charge on any atom is -0.368 e. The summed E-state index contributed by atoms with van der Waals surface area (Å²) in [6, 6.07) is 7.09. The van der Waals surface area contributed by atoms with Crippen LogP contribution in [0.15, 0.2) is 41.4 Å². The molecule has 0 unspecified atom stereocenters. The van der Waals surface area contributed by atoms with Gasteiger partial charge < -0.3 is 5.32 Å². The van der Waals surface area contributed by atoms with Crippen LogP contribution in [-0.2, 0) is 16.2 Å². The summed E-state index contributed by atoms with van der Waals surface area (Å²) in [5.74, 6) is 0.0456. The molecule has 0 bridgehead atoms. The van der Waals surface area contributed by atoms with Crippen molar-refractivity contribution in [2.24, 2.45) is 0 Å². The molecule has 0 radical (unpaired) electrons. The Labute approximate surface area is 148 Å². The first-order chi connectivity index (χ1) is 11.6. The van der Waals surface area contributed by atoms with Crippen molar-refractivity contribution >= 4 is 27.4 Å². The Morgan fingerprint density at radius 1 is 1.16 bits per heavy atom. The molecular weight excluding hydrogens is 379 g/mol. The lowest BCUT2D eigenvalue weighted by Crippen LogP contribution is -2.29. The number of hydrogen-bond acceptors (Lipinski definition) is 4. The highest BCUT2D eigenvalue weighted by atomic mass is 35.5. The molecule has 5 nitrogen and oxygen atoms in total. The highest BCUT2D eigenvalue weighted by Crippen LogP contribution is 2.32. The molecule has 10 heteroatoms. The van der Waals surface area contributed by atoms with Crippen molar-refractivity contribution < 1.29 is 21.6 Å². The van der Waals surface area contributed by atoms with E-state index >= 15 is 0 Å². The zero-order valence-corrected chi connectivity index (χ0v) is 14.6. The molecule has 0 spiro atoms. The number of pyridine rings is 1. The number of sulfonamides is 1. The maximum absolute atomic E-state index is 12.5. The van der Waals surface area contributed by atoms with Crippen LogP contribution in [0.2, 0.25) is 5.02 Å². The minimum absolute atomic E-state index is 0.00917. The molecule has 0 aliphatic heterocycles. The molecule has 1 heterocycles. The van der Waals surface area contributed by atoms with E-state index in [1.54, 1.807) is 12.1 Å². The van der Waals surface area contributed by atoms with Crippen LogP contribution < -0.4 is 10.0 Å². The van der Waals surface area contributed by atoms with Crippen LogP contribution in [0.25, 0.3) is 0 Å². The predicted molar refractivity (Wildman–Crippen MR) is 89.1 cm³/mol. The Kier molecular flexibility index (Phi) is 5.91. The molecule has 0 saturated carbocycles. The average Bonchev–Trinajstić information content (AvgIpc) is 2.52. The second-order valence-electron chi connectivity index (χ2n) is 5.19. The summed E-state index contributed by atoms with van der Waals surface area (Å²) in [5, 5.41) is 2.49. The Balaban J connectivity index is 1.92. The van der Waals surface area contributed by atoms with Crippen molar-refractivity contribution in [3.63, 3.8) is 0 Å². The third kappa shape index (κ3) is 5.32. The maximum Gasteiger partial charge on any atom is 0.417 e. The number of aromatic nitrogens is 1. The fourth-order valence-electron chi connectivity index (χ4n) is 1.89. The molecule has 0 aliphatic rings. The Bertz CT molecular complexity index is 840. The van der Waals surface area contributed by atoms with Crippen LogP contribution in [0.1, 0.15) is 11.1 Å². The highest BCUT2D eigenvalue weighted by Gasteiger charge is 2.31. The van der Waals surface area contributed by atoms with Gasteiger partial charge in [0.2, 0.25) is 10.0 Å². The lowest BCUT2D eigenvalue weighted by atomic mass is 10.2. The van der Waals surface area contributed by atoms with Crippen molar-refractivity contribution in [1.82, 2.24) is 9.71 Å². The van der Waals surface area contributed by atoms with Gasteiger partial charge in [0.25, 0.3) is 0 Å². The molecule has 1 aromatic heterocycles. The largest absolute Gasteiger partial charge is 0.417 e. The zero-order valence-electron chi connectivity index (χ0n) is 13.1. The predicted octanol–water partition coefficient (Wildman–Crippen LogP) is 3.45. The molecule has 2 N–H and O–H groups in total. The van der Waals surface area contributed by atoms with Crippen molar-refractivity contribution in [2.75, 3.05) is 18.4 Å². The molecule has 25 heavy (non-hydrogen) atoms. The summed E-state index contributed by atoms with van der Waals surface area (Å²) in [6.07, 6.45) is -3.87. The summed E-state index contributed by atoms with van der Waals surface area (Å²) in [7, 11) is -3.66. The van der Waals surface area contributed by atoms with Crippen molar-refractivity contribution in [3.8, 4) is 0 Å². The van der Waals surface area contributed by atoms with E-state index in [0.717, 1.165) is 11.6 Å². The number of nitrogens with zero attached hydrogens (tertiary/aromatic N) is 1. The molecule has 0 saturated heterocycles. The van der Waals surface area contributed by atoms with Gasteiger partial charge in [0.15, 0.2) is 0 Å². The van der Waals surface area contributed by atoms with Gasteiger partial charge in [0.05, 0.1) is 15.5 Å². The van der Waals surface area contributed by atoms with E-state index in [1.807, 2.05) is 6.92 Å². The summed E-state index contributed by atoms with van der Waals surface area (Å²) in [4.78, 5) is 3.73. The van der Waals surface area contributed by atoms with Crippen LogP contribution in [0.5, 0.6) is 0 Å². The summed E-state index contributed by atoms with van der Waals surface area (Å²) < 4.78 is 64.1. The lowest BCUT2D eigenvalue weighted by molar-refractivity contribution is -0.137. The number of benzene rings is 1. The second-order valence-corrected chi connectivity index (χ2v) is 7.36. The van der Waals surface area contributed by atoms with E-state index in [0.29, 0.717) is 6.20 Å². The van der Waals surface area contributed by atoms with E-state index in [1.165, 1.54) is 12.1 Å². The number of nitrogens with one attached hydrogen (secondary N) is 2. The maximum atomic E-state index is 12.5. The number of halogens is 4. The third-order valence-corrected chi connectivity index (χ3v) is 4.97. The molecule has 0 fully saturated rings. The van der Waals surface area contributed by atoms with Crippen molar-refractivity contribution in [1.29, 1.82) is 0 Å². The lowest BCUT2D eigenvalue weighted by Gasteiger charge is -2.11. The van der Waals surface area contributed by atoms with E-state index < -0.39 is 21.8 Å². The van der Waals surface area contributed by atoms with Gasteiger partial charge in [-0.15, -0.1) is 0 Å². The normalized spacial score (nSPS) is 12.2. The summed E-state index contributed by atoms with van der Waals surface area (Å²) in [5.41, 5.74) is -0.0215. The highest BCUT2D eigenvalue weighted by molar-refractivity contribution is 7.89. The van der Waals surface area contributed by atoms with Gasteiger partial charge in [-0.05, 0) is 25.1 Å². The number of anilines is 1. The van der Waals surface area contributed by atoms with Crippen molar-refractivity contribution in [3.05, 3.63) is 52.7 Å². The van der Waals surface area contributed by atoms with Crippen LogP contribution in [0.3, 0.4) is 0 Å². The van der Waals surface area contributed by atoms with Crippen LogP contribution in [-0.4, -0.2) is 26.5 Å². The van der Waals surface area contributed by atoms with Gasteiger partial charge in [0, 0.05) is 19.3 Å². The van der Waals surface area contributed by atoms with Gasteiger partial charge in [-0.1, -0.05) is 29.3 Å². The van der Waals surface area contributed by atoms with Gasteiger partial charge in [-0.2, -0.15) is 13.2 Å². The molecule has 0 amide bonds. The van der Waals surface area contributed by atoms with Gasteiger partial charge in [0.1, 0.15) is 5.82 Å². The summed E-state index contributed by atoms with van der Waals surface area (Å²) >= 11 is 5.75. The minimum atomic E-state index is -4.53. The molecule has 1 aromatic carbocycles. The monoisotopic (exact) mass is 393 g/mol. The molecule has 0 atom stereocenters. The Morgan fingerprint density at radius 3 is 2.36 bits per heavy atom. The molecule has 0 aliphatic carbocycles. The van der Waals surface area contributed by atoms with Crippen molar-refractivity contribution in [2.45, 2.75) is 18.0 Å². The molecule has 2 aromatic rings. The molecular formula is C15H15ClF3N3O2S. The fourth-order valence-corrected chi connectivity index (χ4v) is 3.16. The SMILES string of the molecule is Cc1ccc(S(=O)(=O)NCCNc2ncc(C(F)(F)F)cc2Cl)cc1. The zero-order chi connectivity index (χ0) is 18.7. The first-order valence-corrected chi connectivity index (χ1v) is 8.98. The average molecular weight is 394 g/mol. The number of rotatable bonds is 6. The standard InChI is InChI=1S/C15H15ClF3N3O2S/c1-10-2-4-12(5-3-10)25(23,24)22-7-6-20-14-13(16)8-11(9-21-14)15(17,18)19/h2-5,8-9,22H,6-7H2,1H3,(H,20,21). The van der Waals surface area contributed by atoms with Crippen LogP contribution in [0, 0.1) is 6.92 Å². The number of hydrogen-bond donors (Lipinski definition) is 2. The number of alkyl halides is 3. The first-order valence-electron chi connectivity index (χ1n) is 7.12. The Hall–Kier alpha value is -1.84.